The molecule has 25 heavy (non-hydrogen) atoms. The van der Waals surface area contributed by atoms with Crippen molar-refractivity contribution in [3.63, 3.8) is 0 Å². The molecule has 1 saturated carbocycles. The Kier molecular flexibility index (Phi) is 4.57. The molecule has 134 valence electrons. The van der Waals surface area contributed by atoms with Crippen LogP contribution in [0.15, 0.2) is 27.3 Å². The second-order valence-electron chi connectivity index (χ2n) is 7.14. The van der Waals surface area contributed by atoms with E-state index in [9.17, 15) is 4.79 Å². The molecule has 1 aliphatic heterocycles. The largest absolute Gasteiger partial charge is 0.467 e. The van der Waals surface area contributed by atoms with Crippen molar-refractivity contribution in [1.29, 1.82) is 0 Å². The summed E-state index contributed by atoms with van der Waals surface area (Å²) >= 11 is 0. The SMILES string of the molecule is C[C@H](NC(=O)CN1CCC[C@@H](c2noc(C3CC3)n2)C1)c1ccco1. The van der Waals surface area contributed by atoms with Gasteiger partial charge in [-0.05, 0) is 51.3 Å². The maximum absolute atomic E-state index is 12.3. The van der Waals surface area contributed by atoms with Gasteiger partial charge in [-0.25, -0.2) is 0 Å². The van der Waals surface area contributed by atoms with Gasteiger partial charge in [0.1, 0.15) is 5.76 Å². The maximum Gasteiger partial charge on any atom is 0.234 e. The van der Waals surface area contributed by atoms with Crippen LogP contribution in [0.25, 0.3) is 0 Å². The minimum atomic E-state index is -0.124. The Balaban J connectivity index is 1.30. The molecule has 0 spiro atoms. The molecule has 0 unspecified atom stereocenters. The highest BCUT2D eigenvalue weighted by Crippen LogP contribution is 2.39. The first kappa shape index (κ1) is 16.3. The molecule has 7 nitrogen and oxygen atoms in total. The van der Waals surface area contributed by atoms with Gasteiger partial charge < -0.3 is 14.3 Å². The van der Waals surface area contributed by atoms with Crippen LogP contribution in [0.2, 0.25) is 0 Å². The molecule has 0 radical (unpaired) electrons. The number of carbonyl (C=O) groups excluding carboxylic acids is 1. The minimum Gasteiger partial charge on any atom is -0.467 e. The summed E-state index contributed by atoms with van der Waals surface area (Å²) in [5.74, 6) is 3.10. The predicted octanol–water partition coefficient (Wildman–Crippen LogP) is 2.60. The van der Waals surface area contributed by atoms with Crippen LogP contribution < -0.4 is 5.32 Å². The van der Waals surface area contributed by atoms with Crippen LogP contribution in [-0.2, 0) is 4.79 Å². The zero-order chi connectivity index (χ0) is 17.2. The van der Waals surface area contributed by atoms with E-state index >= 15 is 0 Å². The standard InChI is InChI=1S/C18H24N4O3/c1-12(15-5-3-9-24-15)19-16(23)11-22-8-2-4-14(10-22)17-20-18(25-21-17)13-6-7-13/h3,5,9,12-14H,2,4,6-8,10-11H2,1H3,(H,19,23)/t12-,14+/m0/s1. The van der Waals surface area contributed by atoms with Crippen molar-refractivity contribution in [2.75, 3.05) is 19.6 Å². The zero-order valence-corrected chi connectivity index (χ0v) is 14.5. The number of furan rings is 1. The van der Waals surface area contributed by atoms with E-state index in [1.807, 2.05) is 19.1 Å². The minimum absolute atomic E-state index is 0.0105. The molecular weight excluding hydrogens is 320 g/mol. The number of amides is 1. The molecule has 3 heterocycles. The number of carbonyl (C=O) groups is 1. The highest BCUT2D eigenvalue weighted by Gasteiger charge is 2.32. The third-order valence-electron chi connectivity index (χ3n) is 4.97. The number of nitrogens with zero attached hydrogens (tertiary/aromatic N) is 3. The number of aromatic nitrogens is 2. The summed E-state index contributed by atoms with van der Waals surface area (Å²) in [7, 11) is 0. The lowest BCUT2D eigenvalue weighted by molar-refractivity contribution is -0.123. The van der Waals surface area contributed by atoms with Crippen LogP contribution in [0.1, 0.15) is 68.0 Å². The van der Waals surface area contributed by atoms with Crippen molar-refractivity contribution >= 4 is 5.91 Å². The highest BCUT2D eigenvalue weighted by atomic mass is 16.5. The van der Waals surface area contributed by atoms with Gasteiger partial charge in [-0.3, -0.25) is 9.69 Å². The smallest absolute Gasteiger partial charge is 0.234 e. The first-order valence-electron chi connectivity index (χ1n) is 9.07. The van der Waals surface area contributed by atoms with Gasteiger partial charge in [0.15, 0.2) is 5.82 Å². The number of likely N-dealkylation sites (tertiary alicyclic amines) is 1. The zero-order valence-electron chi connectivity index (χ0n) is 14.5. The number of rotatable bonds is 6. The molecule has 0 bridgehead atoms. The van der Waals surface area contributed by atoms with Crippen LogP contribution in [0.3, 0.4) is 0 Å². The molecule has 1 aliphatic carbocycles. The molecule has 1 N–H and O–H groups in total. The van der Waals surface area contributed by atoms with E-state index in [4.69, 9.17) is 8.94 Å². The summed E-state index contributed by atoms with van der Waals surface area (Å²) in [6.07, 6.45) is 6.02. The van der Waals surface area contributed by atoms with Crippen LogP contribution in [0.4, 0.5) is 0 Å². The van der Waals surface area contributed by atoms with Crippen LogP contribution in [-0.4, -0.2) is 40.6 Å². The highest BCUT2D eigenvalue weighted by molar-refractivity contribution is 5.78. The van der Waals surface area contributed by atoms with Crippen molar-refractivity contribution in [3.05, 3.63) is 35.9 Å². The fourth-order valence-corrected chi connectivity index (χ4v) is 3.42. The third kappa shape index (κ3) is 3.92. The molecular formula is C18H24N4O3. The molecule has 2 atom stereocenters. The second kappa shape index (κ2) is 7.00. The Labute approximate surface area is 146 Å². The quantitative estimate of drug-likeness (QED) is 0.867. The van der Waals surface area contributed by atoms with E-state index in [0.717, 1.165) is 56.2 Å². The van der Waals surface area contributed by atoms with E-state index in [2.05, 4.69) is 20.4 Å². The van der Waals surface area contributed by atoms with Crippen molar-refractivity contribution in [2.24, 2.45) is 0 Å². The van der Waals surface area contributed by atoms with Crippen molar-refractivity contribution in [3.8, 4) is 0 Å². The molecule has 2 aromatic heterocycles. The van der Waals surface area contributed by atoms with E-state index < -0.39 is 0 Å². The number of hydrogen-bond acceptors (Lipinski definition) is 6. The molecule has 4 rings (SSSR count). The molecule has 7 heteroatoms. The van der Waals surface area contributed by atoms with Gasteiger partial charge in [-0.1, -0.05) is 5.16 Å². The Morgan fingerprint density at radius 1 is 1.40 bits per heavy atom. The first-order chi connectivity index (χ1) is 12.2. The number of nitrogens with one attached hydrogen (secondary N) is 1. The summed E-state index contributed by atoms with van der Waals surface area (Å²) in [4.78, 5) is 19.1. The first-order valence-corrected chi connectivity index (χ1v) is 9.07. The maximum atomic E-state index is 12.3. The monoisotopic (exact) mass is 344 g/mol. The molecule has 2 aromatic rings. The van der Waals surface area contributed by atoms with Gasteiger partial charge in [0.2, 0.25) is 11.8 Å². The van der Waals surface area contributed by atoms with E-state index in [0.29, 0.717) is 12.5 Å². The summed E-state index contributed by atoms with van der Waals surface area (Å²) in [5, 5.41) is 7.16. The van der Waals surface area contributed by atoms with Crippen LogP contribution >= 0.6 is 0 Å². The Hall–Kier alpha value is -2.15. The van der Waals surface area contributed by atoms with E-state index in [1.54, 1.807) is 6.26 Å². The Morgan fingerprint density at radius 3 is 3.04 bits per heavy atom. The average molecular weight is 344 g/mol. The Morgan fingerprint density at radius 2 is 2.28 bits per heavy atom. The van der Waals surface area contributed by atoms with Gasteiger partial charge in [-0.2, -0.15) is 4.98 Å². The molecule has 0 aromatic carbocycles. The van der Waals surface area contributed by atoms with E-state index in [-0.39, 0.29) is 17.9 Å². The van der Waals surface area contributed by atoms with Crippen molar-refractivity contribution in [1.82, 2.24) is 20.4 Å². The lowest BCUT2D eigenvalue weighted by atomic mass is 9.97. The molecule has 2 aliphatic rings. The fraction of sp³-hybridized carbons (Fsp3) is 0.611. The van der Waals surface area contributed by atoms with Gasteiger partial charge in [-0.15, -0.1) is 0 Å². The normalized spacial score (nSPS) is 22.7. The van der Waals surface area contributed by atoms with Crippen LogP contribution in [0, 0.1) is 0 Å². The number of piperidine rings is 1. The lowest BCUT2D eigenvalue weighted by Gasteiger charge is -2.30. The molecule has 1 saturated heterocycles. The van der Waals surface area contributed by atoms with Gasteiger partial charge in [0, 0.05) is 18.4 Å². The van der Waals surface area contributed by atoms with E-state index in [1.165, 1.54) is 0 Å². The summed E-state index contributed by atoms with van der Waals surface area (Å²) < 4.78 is 10.7. The second-order valence-corrected chi connectivity index (χ2v) is 7.14. The van der Waals surface area contributed by atoms with Crippen molar-refractivity contribution < 1.29 is 13.7 Å². The third-order valence-corrected chi connectivity index (χ3v) is 4.97. The van der Waals surface area contributed by atoms with Crippen molar-refractivity contribution in [2.45, 2.75) is 50.5 Å². The fourth-order valence-electron chi connectivity index (χ4n) is 3.42. The van der Waals surface area contributed by atoms with Crippen LogP contribution in [0.5, 0.6) is 0 Å². The lowest BCUT2D eigenvalue weighted by Crippen LogP contribution is -2.42. The predicted molar refractivity (Wildman–Crippen MR) is 90.0 cm³/mol. The Bertz CT molecular complexity index is 708. The average Bonchev–Trinajstić information content (AvgIpc) is 3.12. The molecule has 2 fully saturated rings. The summed E-state index contributed by atoms with van der Waals surface area (Å²) in [5.41, 5.74) is 0. The summed E-state index contributed by atoms with van der Waals surface area (Å²) in [6.45, 7) is 4.03. The topological polar surface area (TPSA) is 84.4 Å². The molecule has 1 amide bonds. The number of hydrogen-bond donors (Lipinski definition) is 1. The van der Waals surface area contributed by atoms with Gasteiger partial charge >= 0.3 is 0 Å². The summed E-state index contributed by atoms with van der Waals surface area (Å²) in [6, 6.07) is 3.57. The van der Waals surface area contributed by atoms with Gasteiger partial charge in [0.05, 0.1) is 18.8 Å². The van der Waals surface area contributed by atoms with Gasteiger partial charge in [0.25, 0.3) is 0 Å².